The maximum atomic E-state index is 11.9. The van der Waals surface area contributed by atoms with Crippen molar-refractivity contribution in [3.05, 3.63) is 54.0 Å². The highest BCUT2D eigenvalue weighted by Crippen LogP contribution is 2.15. The fourth-order valence-corrected chi connectivity index (χ4v) is 2.26. The summed E-state index contributed by atoms with van der Waals surface area (Å²) in [6.07, 6.45) is 2.19. The Kier molecular flexibility index (Phi) is 7.42. The first-order chi connectivity index (χ1) is 12.6. The van der Waals surface area contributed by atoms with Crippen molar-refractivity contribution in [3.8, 4) is 0 Å². The van der Waals surface area contributed by atoms with E-state index in [1.165, 1.54) is 6.26 Å². The molecule has 2 N–H and O–H groups in total. The standard InChI is InChI=1S/C19H22N2O5/c1-2-14-6-3-4-8-16(14)21-18(23)13-26-19(24)10-9-17(22)20-12-15-7-5-11-25-15/h3-8,11H,2,9-10,12-13H2,1H3,(H,20,22)(H,21,23). The molecule has 0 unspecified atom stereocenters. The van der Waals surface area contributed by atoms with E-state index in [0.29, 0.717) is 11.4 Å². The van der Waals surface area contributed by atoms with Crippen LogP contribution in [0.3, 0.4) is 0 Å². The summed E-state index contributed by atoms with van der Waals surface area (Å²) in [4.78, 5) is 35.2. The van der Waals surface area contributed by atoms with Gasteiger partial charge in [0.1, 0.15) is 5.76 Å². The van der Waals surface area contributed by atoms with E-state index in [0.717, 1.165) is 12.0 Å². The van der Waals surface area contributed by atoms with Crippen molar-refractivity contribution in [2.75, 3.05) is 11.9 Å². The fourth-order valence-electron chi connectivity index (χ4n) is 2.26. The number of hydrogen-bond donors (Lipinski definition) is 2. The van der Waals surface area contributed by atoms with Crippen LogP contribution in [-0.2, 0) is 32.1 Å². The zero-order chi connectivity index (χ0) is 18.8. The first-order valence-electron chi connectivity index (χ1n) is 8.41. The lowest BCUT2D eigenvalue weighted by Crippen LogP contribution is -2.25. The molecule has 0 spiro atoms. The SMILES string of the molecule is CCc1ccccc1NC(=O)COC(=O)CCC(=O)NCc1ccco1. The van der Waals surface area contributed by atoms with Gasteiger partial charge >= 0.3 is 5.97 Å². The van der Waals surface area contributed by atoms with Crippen molar-refractivity contribution >= 4 is 23.5 Å². The molecule has 0 atom stereocenters. The van der Waals surface area contributed by atoms with E-state index in [2.05, 4.69) is 10.6 Å². The van der Waals surface area contributed by atoms with Crippen LogP contribution < -0.4 is 10.6 Å². The molecule has 2 amide bonds. The topological polar surface area (TPSA) is 97.6 Å². The van der Waals surface area contributed by atoms with Gasteiger partial charge in [0.25, 0.3) is 5.91 Å². The molecular weight excluding hydrogens is 336 g/mol. The van der Waals surface area contributed by atoms with Gasteiger partial charge in [-0.05, 0) is 30.2 Å². The minimum Gasteiger partial charge on any atom is -0.467 e. The Morgan fingerprint density at radius 3 is 2.58 bits per heavy atom. The van der Waals surface area contributed by atoms with E-state index < -0.39 is 11.9 Å². The van der Waals surface area contributed by atoms with Crippen molar-refractivity contribution in [2.24, 2.45) is 0 Å². The van der Waals surface area contributed by atoms with Crippen molar-refractivity contribution in [1.29, 1.82) is 0 Å². The Morgan fingerprint density at radius 2 is 1.85 bits per heavy atom. The number of aryl methyl sites for hydroxylation is 1. The van der Waals surface area contributed by atoms with Gasteiger partial charge in [0.05, 0.1) is 19.2 Å². The predicted octanol–water partition coefficient (Wildman–Crippen LogP) is 2.42. The molecule has 1 aromatic heterocycles. The van der Waals surface area contributed by atoms with E-state index in [4.69, 9.17) is 9.15 Å². The summed E-state index contributed by atoms with van der Waals surface area (Å²) < 4.78 is 9.99. The maximum Gasteiger partial charge on any atom is 0.306 e. The van der Waals surface area contributed by atoms with Crippen LogP contribution in [0.15, 0.2) is 47.1 Å². The lowest BCUT2D eigenvalue weighted by atomic mass is 10.1. The third-order valence-corrected chi connectivity index (χ3v) is 3.63. The molecule has 0 aliphatic rings. The summed E-state index contributed by atoms with van der Waals surface area (Å²) in [5.41, 5.74) is 1.70. The van der Waals surface area contributed by atoms with E-state index in [1.54, 1.807) is 18.2 Å². The van der Waals surface area contributed by atoms with E-state index in [9.17, 15) is 14.4 Å². The normalized spacial score (nSPS) is 10.2. The van der Waals surface area contributed by atoms with Gasteiger partial charge in [0, 0.05) is 12.1 Å². The number of nitrogens with one attached hydrogen (secondary N) is 2. The Balaban J connectivity index is 1.64. The van der Waals surface area contributed by atoms with Crippen LogP contribution in [-0.4, -0.2) is 24.4 Å². The Labute approximate surface area is 151 Å². The second kappa shape index (κ2) is 10.0. The van der Waals surface area contributed by atoms with Crippen LogP contribution >= 0.6 is 0 Å². The van der Waals surface area contributed by atoms with Crippen molar-refractivity contribution in [1.82, 2.24) is 5.32 Å². The van der Waals surface area contributed by atoms with Crippen LogP contribution in [0.2, 0.25) is 0 Å². The number of furan rings is 1. The van der Waals surface area contributed by atoms with Gasteiger partial charge in [-0.25, -0.2) is 0 Å². The Morgan fingerprint density at radius 1 is 1.04 bits per heavy atom. The minimum atomic E-state index is -0.600. The molecule has 26 heavy (non-hydrogen) atoms. The third-order valence-electron chi connectivity index (χ3n) is 3.63. The summed E-state index contributed by atoms with van der Waals surface area (Å²) >= 11 is 0. The van der Waals surface area contributed by atoms with Gasteiger partial charge in [-0.3, -0.25) is 14.4 Å². The number of anilines is 1. The molecule has 0 saturated carbocycles. The summed E-state index contributed by atoms with van der Waals surface area (Å²) in [7, 11) is 0. The number of rotatable bonds is 9. The number of ether oxygens (including phenoxy) is 1. The van der Waals surface area contributed by atoms with Crippen LogP contribution in [0.1, 0.15) is 31.1 Å². The summed E-state index contributed by atoms with van der Waals surface area (Å²) in [5, 5.41) is 5.34. The number of hydrogen-bond acceptors (Lipinski definition) is 5. The molecule has 138 valence electrons. The van der Waals surface area contributed by atoms with Gasteiger partial charge in [0.15, 0.2) is 6.61 Å². The van der Waals surface area contributed by atoms with Gasteiger partial charge in [-0.1, -0.05) is 25.1 Å². The molecule has 1 aromatic carbocycles. The fraction of sp³-hybridized carbons (Fsp3) is 0.316. The van der Waals surface area contributed by atoms with Gasteiger partial charge in [0.2, 0.25) is 5.91 Å². The average molecular weight is 358 g/mol. The molecule has 7 heteroatoms. The average Bonchev–Trinajstić information content (AvgIpc) is 3.17. The number of carbonyl (C=O) groups excluding carboxylic acids is 3. The molecule has 2 aromatic rings. The molecule has 0 bridgehead atoms. The predicted molar refractivity (Wildman–Crippen MR) is 95.2 cm³/mol. The molecule has 7 nitrogen and oxygen atoms in total. The molecule has 1 heterocycles. The van der Waals surface area contributed by atoms with Gasteiger partial charge in [-0.2, -0.15) is 0 Å². The molecular formula is C19H22N2O5. The van der Waals surface area contributed by atoms with Gasteiger partial charge < -0.3 is 19.8 Å². The van der Waals surface area contributed by atoms with E-state index in [1.807, 2.05) is 25.1 Å². The molecule has 0 aliphatic heterocycles. The quantitative estimate of drug-likeness (QED) is 0.671. The highest BCUT2D eigenvalue weighted by molar-refractivity contribution is 5.93. The highest BCUT2D eigenvalue weighted by atomic mass is 16.5. The molecule has 0 fully saturated rings. The molecule has 2 rings (SSSR count). The van der Waals surface area contributed by atoms with Crippen molar-refractivity contribution < 1.29 is 23.5 Å². The van der Waals surface area contributed by atoms with Crippen LogP contribution in [0.4, 0.5) is 5.69 Å². The number of carbonyl (C=O) groups is 3. The smallest absolute Gasteiger partial charge is 0.306 e. The van der Waals surface area contributed by atoms with E-state index in [-0.39, 0.29) is 31.9 Å². The zero-order valence-corrected chi connectivity index (χ0v) is 14.6. The summed E-state index contributed by atoms with van der Waals surface area (Å²) in [6.45, 7) is 1.87. The number of para-hydroxylation sites is 1. The van der Waals surface area contributed by atoms with Crippen LogP contribution in [0, 0.1) is 0 Å². The monoisotopic (exact) mass is 358 g/mol. The molecule has 0 aliphatic carbocycles. The lowest BCUT2D eigenvalue weighted by Gasteiger charge is -2.10. The highest BCUT2D eigenvalue weighted by Gasteiger charge is 2.11. The van der Waals surface area contributed by atoms with E-state index >= 15 is 0 Å². The second-order valence-corrected chi connectivity index (χ2v) is 5.58. The third kappa shape index (κ3) is 6.43. The van der Waals surface area contributed by atoms with Crippen molar-refractivity contribution in [3.63, 3.8) is 0 Å². The van der Waals surface area contributed by atoms with Crippen molar-refractivity contribution in [2.45, 2.75) is 32.7 Å². The second-order valence-electron chi connectivity index (χ2n) is 5.58. The first-order valence-corrected chi connectivity index (χ1v) is 8.41. The molecule has 0 saturated heterocycles. The van der Waals surface area contributed by atoms with Gasteiger partial charge in [-0.15, -0.1) is 0 Å². The largest absolute Gasteiger partial charge is 0.467 e. The summed E-state index contributed by atoms with van der Waals surface area (Å²) in [5.74, 6) is -0.678. The maximum absolute atomic E-state index is 11.9. The Bertz CT molecular complexity index is 740. The van der Waals surface area contributed by atoms with Crippen LogP contribution in [0.5, 0.6) is 0 Å². The number of benzene rings is 1. The zero-order valence-electron chi connectivity index (χ0n) is 14.6. The number of esters is 1. The minimum absolute atomic E-state index is 0.0141. The number of amides is 2. The molecule has 0 radical (unpaired) electrons. The summed E-state index contributed by atoms with van der Waals surface area (Å²) in [6, 6.07) is 10.9. The lowest BCUT2D eigenvalue weighted by molar-refractivity contribution is -0.148. The Hall–Kier alpha value is -3.09. The first kappa shape index (κ1) is 19.2. The van der Waals surface area contributed by atoms with Crippen LogP contribution in [0.25, 0.3) is 0 Å².